The zero-order chi connectivity index (χ0) is 25.1. The molecule has 4 rings (SSSR count). The lowest BCUT2D eigenvalue weighted by molar-refractivity contribution is -0.140. The summed E-state index contributed by atoms with van der Waals surface area (Å²) in [5.41, 5.74) is 1.41. The Labute approximate surface area is 202 Å². The van der Waals surface area contributed by atoms with Crippen molar-refractivity contribution in [3.8, 4) is 5.75 Å². The third-order valence-electron chi connectivity index (χ3n) is 5.22. The van der Waals surface area contributed by atoms with Gasteiger partial charge in [0.1, 0.15) is 11.6 Å². The summed E-state index contributed by atoms with van der Waals surface area (Å²) in [4.78, 5) is 42.0. The van der Waals surface area contributed by atoms with Gasteiger partial charge in [0.2, 0.25) is 0 Å². The number of fused-ring (bicyclic) bond motifs is 1. The summed E-state index contributed by atoms with van der Waals surface area (Å²) in [6.07, 6.45) is 1.64. The Kier molecular flexibility index (Phi) is 6.92. The van der Waals surface area contributed by atoms with Crippen molar-refractivity contribution in [1.82, 2.24) is 4.57 Å². The average molecular weight is 497 g/mol. The number of allylic oxidation sites excluding steroid dienone is 1. The Morgan fingerprint density at radius 1 is 1.23 bits per heavy atom. The molecule has 0 fully saturated rings. The van der Waals surface area contributed by atoms with Gasteiger partial charge in [-0.2, -0.15) is 0 Å². The maximum Gasteiger partial charge on any atom is 0.341 e. The number of carbonyl (C=O) groups excluding carboxylic acids is 1. The van der Waals surface area contributed by atoms with Gasteiger partial charge in [0.15, 0.2) is 11.4 Å². The van der Waals surface area contributed by atoms with Crippen LogP contribution >= 0.6 is 11.3 Å². The van der Waals surface area contributed by atoms with Crippen LogP contribution in [0, 0.1) is 5.82 Å². The molecule has 3 aromatic rings. The molecule has 0 spiro atoms. The summed E-state index contributed by atoms with van der Waals surface area (Å²) in [7, 11) is 0. The molecule has 0 radical (unpaired) electrons. The number of rotatable bonds is 7. The van der Waals surface area contributed by atoms with Gasteiger partial charge in [-0.25, -0.2) is 19.0 Å². The maximum atomic E-state index is 13.6. The Morgan fingerprint density at radius 3 is 2.66 bits per heavy atom. The van der Waals surface area contributed by atoms with E-state index in [4.69, 9.17) is 14.6 Å². The number of halogens is 1. The van der Waals surface area contributed by atoms with Gasteiger partial charge in [-0.15, -0.1) is 0 Å². The molecule has 1 unspecified atom stereocenters. The smallest absolute Gasteiger partial charge is 0.341 e. The van der Waals surface area contributed by atoms with E-state index in [-0.39, 0.29) is 17.7 Å². The molecule has 0 saturated carbocycles. The standard InChI is InChI=1S/C25H21FN2O6S/c1-3-33-24(32)21-14(2)27-25-28(22(21)16-7-9-17(26)10-8-16)23(31)19(35-25)12-15-5-4-6-18(11-15)34-13-20(29)30/h4-12,22H,3,13H2,1-2H3,(H,29,30)/b19-12-. The largest absolute Gasteiger partial charge is 0.482 e. The molecule has 2 aromatic carbocycles. The molecule has 8 nitrogen and oxygen atoms in total. The van der Waals surface area contributed by atoms with E-state index in [9.17, 15) is 18.8 Å². The monoisotopic (exact) mass is 496 g/mol. The van der Waals surface area contributed by atoms with E-state index in [1.165, 1.54) is 28.8 Å². The minimum atomic E-state index is -1.10. The van der Waals surface area contributed by atoms with Crippen molar-refractivity contribution in [3.05, 3.63) is 96.4 Å². The molecule has 0 amide bonds. The number of hydrogen-bond acceptors (Lipinski definition) is 7. The van der Waals surface area contributed by atoms with Crippen LogP contribution < -0.4 is 19.6 Å². The molecule has 1 aromatic heterocycles. The molecule has 35 heavy (non-hydrogen) atoms. The minimum Gasteiger partial charge on any atom is -0.482 e. The summed E-state index contributed by atoms with van der Waals surface area (Å²) in [6.45, 7) is 3.02. The van der Waals surface area contributed by atoms with Gasteiger partial charge in [-0.05, 0) is 55.3 Å². The third-order valence-corrected chi connectivity index (χ3v) is 6.20. The lowest BCUT2D eigenvalue weighted by Gasteiger charge is -2.24. The molecular formula is C25H21FN2O6S. The number of carbonyl (C=O) groups is 2. The van der Waals surface area contributed by atoms with Crippen molar-refractivity contribution in [2.24, 2.45) is 4.99 Å². The first-order chi connectivity index (χ1) is 16.8. The van der Waals surface area contributed by atoms with Crippen LogP contribution in [0.4, 0.5) is 4.39 Å². The molecule has 1 aliphatic heterocycles. The van der Waals surface area contributed by atoms with Crippen molar-refractivity contribution in [3.63, 3.8) is 0 Å². The van der Waals surface area contributed by atoms with Crippen LogP contribution in [0.5, 0.6) is 5.75 Å². The zero-order valence-electron chi connectivity index (χ0n) is 18.9. The third kappa shape index (κ3) is 5.07. The Balaban J connectivity index is 1.85. The van der Waals surface area contributed by atoms with E-state index in [0.717, 1.165) is 11.3 Å². The van der Waals surface area contributed by atoms with Gasteiger partial charge in [0, 0.05) is 0 Å². The van der Waals surface area contributed by atoms with Crippen LogP contribution in [0.1, 0.15) is 31.0 Å². The number of ether oxygens (including phenoxy) is 2. The molecule has 10 heteroatoms. The highest BCUT2D eigenvalue weighted by atomic mass is 32.1. The fourth-order valence-electron chi connectivity index (χ4n) is 3.74. The summed E-state index contributed by atoms with van der Waals surface area (Å²) < 4.78 is 25.8. The normalized spacial score (nSPS) is 15.4. The molecule has 2 heterocycles. The van der Waals surface area contributed by atoms with Crippen molar-refractivity contribution in [2.45, 2.75) is 19.9 Å². The first kappa shape index (κ1) is 24.1. The number of aliphatic carboxylic acids is 1. The first-order valence-corrected chi connectivity index (χ1v) is 11.5. The second-order valence-electron chi connectivity index (χ2n) is 7.61. The fourth-order valence-corrected chi connectivity index (χ4v) is 4.79. The van der Waals surface area contributed by atoms with E-state index in [1.54, 1.807) is 44.2 Å². The van der Waals surface area contributed by atoms with Crippen LogP contribution in [0.2, 0.25) is 0 Å². The van der Waals surface area contributed by atoms with Crippen LogP contribution in [-0.4, -0.2) is 34.8 Å². The Bertz CT molecular complexity index is 1500. The summed E-state index contributed by atoms with van der Waals surface area (Å²) in [6, 6.07) is 11.4. The molecule has 180 valence electrons. The average Bonchev–Trinajstić information content (AvgIpc) is 3.12. The molecule has 0 aliphatic carbocycles. The fraction of sp³-hybridized carbons (Fsp3) is 0.200. The second kappa shape index (κ2) is 10.1. The summed E-state index contributed by atoms with van der Waals surface area (Å²) >= 11 is 1.15. The van der Waals surface area contributed by atoms with E-state index >= 15 is 0 Å². The van der Waals surface area contributed by atoms with Crippen LogP contribution in [0.3, 0.4) is 0 Å². The van der Waals surface area contributed by atoms with E-state index < -0.39 is 30.4 Å². The van der Waals surface area contributed by atoms with Gasteiger partial charge < -0.3 is 14.6 Å². The van der Waals surface area contributed by atoms with Crippen LogP contribution in [0.25, 0.3) is 6.08 Å². The highest BCUT2D eigenvalue weighted by molar-refractivity contribution is 7.07. The van der Waals surface area contributed by atoms with E-state index in [0.29, 0.717) is 31.9 Å². The van der Waals surface area contributed by atoms with E-state index in [2.05, 4.69) is 4.99 Å². The molecular weight excluding hydrogens is 475 g/mol. The number of nitrogens with zero attached hydrogens (tertiary/aromatic N) is 2. The van der Waals surface area contributed by atoms with Gasteiger partial charge >= 0.3 is 11.9 Å². The van der Waals surface area contributed by atoms with Crippen molar-refractivity contribution >= 4 is 29.4 Å². The number of esters is 1. The Hall–Kier alpha value is -4.05. The molecule has 1 N–H and O–H groups in total. The lowest BCUT2D eigenvalue weighted by Crippen LogP contribution is -2.39. The molecule has 1 atom stereocenters. The summed E-state index contributed by atoms with van der Waals surface area (Å²) in [5, 5.41) is 8.82. The number of carboxylic acid groups (broad SMARTS) is 1. The number of carboxylic acids is 1. The van der Waals surface area contributed by atoms with Crippen molar-refractivity contribution in [2.75, 3.05) is 13.2 Å². The van der Waals surface area contributed by atoms with Gasteiger partial charge in [-0.3, -0.25) is 9.36 Å². The second-order valence-corrected chi connectivity index (χ2v) is 8.62. The van der Waals surface area contributed by atoms with Crippen molar-refractivity contribution in [1.29, 1.82) is 0 Å². The number of hydrogen-bond donors (Lipinski definition) is 1. The quantitative estimate of drug-likeness (QED) is 0.504. The van der Waals surface area contributed by atoms with Crippen LogP contribution in [-0.2, 0) is 14.3 Å². The number of benzene rings is 2. The zero-order valence-corrected chi connectivity index (χ0v) is 19.7. The Morgan fingerprint density at radius 2 is 1.97 bits per heavy atom. The molecule has 0 bridgehead atoms. The predicted molar refractivity (Wildman–Crippen MR) is 126 cm³/mol. The van der Waals surface area contributed by atoms with E-state index in [1.807, 2.05) is 0 Å². The van der Waals surface area contributed by atoms with Gasteiger partial charge in [0.05, 0.1) is 28.5 Å². The lowest BCUT2D eigenvalue weighted by atomic mass is 9.96. The molecule has 1 aliphatic rings. The van der Waals surface area contributed by atoms with Gasteiger partial charge in [-0.1, -0.05) is 35.6 Å². The maximum absolute atomic E-state index is 13.6. The SMILES string of the molecule is CCOC(=O)C1=C(C)N=c2s/c(=C\c3cccc(OCC(=O)O)c3)c(=O)n2C1c1ccc(F)cc1. The van der Waals surface area contributed by atoms with Crippen LogP contribution in [0.15, 0.2) is 69.6 Å². The topological polar surface area (TPSA) is 107 Å². The highest BCUT2D eigenvalue weighted by Crippen LogP contribution is 2.30. The van der Waals surface area contributed by atoms with Crippen molar-refractivity contribution < 1.29 is 28.6 Å². The number of aromatic nitrogens is 1. The minimum absolute atomic E-state index is 0.149. The highest BCUT2D eigenvalue weighted by Gasteiger charge is 2.33. The number of thiazole rings is 1. The molecule has 0 saturated heterocycles. The summed E-state index contributed by atoms with van der Waals surface area (Å²) in [5.74, 6) is -1.79. The predicted octanol–water partition coefficient (Wildman–Crippen LogP) is 2.40. The first-order valence-electron chi connectivity index (χ1n) is 10.7. The van der Waals surface area contributed by atoms with Gasteiger partial charge in [0.25, 0.3) is 5.56 Å².